The molecule has 0 aliphatic heterocycles. The van der Waals surface area contributed by atoms with Crippen molar-refractivity contribution < 1.29 is 4.79 Å². The summed E-state index contributed by atoms with van der Waals surface area (Å²) >= 11 is 0. The number of rotatable bonds is 6. The second-order valence-corrected chi connectivity index (χ2v) is 7.71. The Morgan fingerprint density at radius 2 is 1.79 bits per heavy atom. The summed E-state index contributed by atoms with van der Waals surface area (Å²) in [5, 5.41) is 0. The predicted octanol–water partition coefficient (Wildman–Crippen LogP) is 5.06. The average Bonchev–Trinajstić information content (AvgIpc) is 2.77. The molecule has 4 heteroatoms. The zero-order valence-corrected chi connectivity index (χ0v) is 16.6. The fraction of sp³-hybridized carbons (Fsp3) is 0.280. The highest BCUT2D eigenvalue weighted by atomic mass is 16.2. The maximum atomic E-state index is 12.5. The number of nitrogens with two attached hydrogens (primary N) is 1. The Bertz CT molecular complexity index is 903. The number of pyridine rings is 1. The number of carbonyl (C=O) groups excluding carboxylic acids is 1. The number of fused-ring (bicyclic) bond motifs is 1. The van der Waals surface area contributed by atoms with Crippen LogP contribution in [0, 0.1) is 0 Å². The fourth-order valence-electron chi connectivity index (χ4n) is 4.54. The molecule has 1 heterocycles. The van der Waals surface area contributed by atoms with Crippen molar-refractivity contribution in [3.05, 3.63) is 101 Å². The van der Waals surface area contributed by atoms with Gasteiger partial charge in [0.25, 0.3) is 0 Å². The first-order valence-corrected chi connectivity index (χ1v) is 10.3. The molecule has 148 valence electrons. The van der Waals surface area contributed by atoms with Crippen molar-refractivity contribution in [3.8, 4) is 0 Å². The Kier molecular flexibility index (Phi) is 5.89. The van der Waals surface area contributed by atoms with Gasteiger partial charge in [-0.15, -0.1) is 0 Å². The minimum atomic E-state index is -0.396. The van der Waals surface area contributed by atoms with E-state index in [0.717, 1.165) is 30.4 Å². The number of urea groups is 1. The van der Waals surface area contributed by atoms with Gasteiger partial charge >= 0.3 is 6.03 Å². The molecule has 2 unspecified atom stereocenters. The quantitative estimate of drug-likeness (QED) is 0.644. The SMILES string of the molecule is NC(=O)N(CCC1CCCc2ccccc21)C(c1ccccc1)c1cccnc1. The number of aromatic nitrogens is 1. The van der Waals surface area contributed by atoms with Crippen molar-refractivity contribution in [2.75, 3.05) is 6.54 Å². The van der Waals surface area contributed by atoms with Crippen LogP contribution in [0.15, 0.2) is 79.1 Å². The van der Waals surface area contributed by atoms with Crippen molar-refractivity contribution in [3.63, 3.8) is 0 Å². The van der Waals surface area contributed by atoms with Crippen LogP contribution in [0.1, 0.15) is 53.5 Å². The molecule has 29 heavy (non-hydrogen) atoms. The molecule has 2 aromatic carbocycles. The van der Waals surface area contributed by atoms with Gasteiger partial charge in [-0.1, -0.05) is 60.7 Å². The number of carbonyl (C=O) groups is 1. The number of primary amides is 1. The Morgan fingerprint density at radius 1 is 1.03 bits per heavy atom. The monoisotopic (exact) mass is 385 g/mol. The number of hydrogen-bond acceptors (Lipinski definition) is 2. The van der Waals surface area contributed by atoms with E-state index in [0.29, 0.717) is 12.5 Å². The number of aryl methyl sites for hydroxylation is 1. The molecule has 0 radical (unpaired) electrons. The van der Waals surface area contributed by atoms with Gasteiger partial charge in [-0.3, -0.25) is 4.98 Å². The lowest BCUT2D eigenvalue weighted by Crippen LogP contribution is -2.40. The van der Waals surface area contributed by atoms with E-state index in [4.69, 9.17) is 5.73 Å². The van der Waals surface area contributed by atoms with E-state index < -0.39 is 6.03 Å². The molecule has 4 rings (SSSR count). The molecular weight excluding hydrogens is 358 g/mol. The number of hydrogen-bond donors (Lipinski definition) is 1. The molecule has 0 saturated carbocycles. The van der Waals surface area contributed by atoms with Gasteiger partial charge in [0.05, 0.1) is 6.04 Å². The minimum Gasteiger partial charge on any atom is -0.351 e. The van der Waals surface area contributed by atoms with Gasteiger partial charge in [0, 0.05) is 18.9 Å². The maximum absolute atomic E-state index is 12.5. The van der Waals surface area contributed by atoms with Crippen LogP contribution in [-0.4, -0.2) is 22.5 Å². The molecule has 0 spiro atoms. The zero-order valence-electron chi connectivity index (χ0n) is 16.6. The first kappa shape index (κ1) is 19.2. The van der Waals surface area contributed by atoms with Crippen molar-refractivity contribution in [1.82, 2.24) is 9.88 Å². The lowest BCUT2D eigenvalue weighted by molar-refractivity contribution is 0.190. The van der Waals surface area contributed by atoms with E-state index in [1.807, 2.05) is 48.7 Å². The van der Waals surface area contributed by atoms with Crippen LogP contribution in [0.5, 0.6) is 0 Å². The van der Waals surface area contributed by atoms with Crippen molar-refractivity contribution in [1.29, 1.82) is 0 Å². The highest BCUT2D eigenvalue weighted by Gasteiger charge is 2.27. The van der Waals surface area contributed by atoms with Gasteiger partial charge in [-0.25, -0.2) is 4.79 Å². The molecule has 1 aromatic heterocycles. The van der Waals surface area contributed by atoms with Gasteiger partial charge in [0.2, 0.25) is 0 Å². The topological polar surface area (TPSA) is 59.2 Å². The zero-order chi connectivity index (χ0) is 20.1. The van der Waals surface area contributed by atoms with Crippen LogP contribution in [-0.2, 0) is 6.42 Å². The fourth-order valence-corrected chi connectivity index (χ4v) is 4.54. The summed E-state index contributed by atoms with van der Waals surface area (Å²) in [6.45, 7) is 0.614. The smallest absolute Gasteiger partial charge is 0.315 e. The summed E-state index contributed by atoms with van der Waals surface area (Å²) in [6, 6.07) is 22.1. The Hall–Kier alpha value is -3.14. The van der Waals surface area contributed by atoms with Crippen LogP contribution < -0.4 is 5.73 Å². The van der Waals surface area contributed by atoms with Gasteiger partial charge in [0.1, 0.15) is 0 Å². The van der Waals surface area contributed by atoms with Crippen LogP contribution in [0.4, 0.5) is 4.79 Å². The van der Waals surface area contributed by atoms with E-state index >= 15 is 0 Å². The molecule has 4 nitrogen and oxygen atoms in total. The molecule has 0 saturated heterocycles. The van der Waals surface area contributed by atoms with Crippen LogP contribution in [0.3, 0.4) is 0 Å². The average molecular weight is 386 g/mol. The largest absolute Gasteiger partial charge is 0.351 e. The number of amides is 2. The summed E-state index contributed by atoms with van der Waals surface area (Å²) in [5.74, 6) is 0.465. The highest BCUT2D eigenvalue weighted by molar-refractivity contribution is 5.73. The summed E-state index contributed by atoms with van der Waals surface area (Å²) in [7, 11) is 0. The normalized spacial score (nSPS) is 16.6. The lowest BCUT2D eigenvalue weighted by Gasteiger charge is -2.33. The van der Waals surface area contributed by atoms with Crippen LogP contribution in [0.25, 0.3) is 0 Å². The summed E-state index contributed by atoms with van der Waals surface area (Å²) < 4.78 is 0. The van der Waals surface area contributed by atoms with Crippen molar-refractivity contribution in [2.45, 2.75) is 37.6 Å². The predicted molar refractivity (Wildman–Crippen MR) is 116 cm³/mol. The third-order valence-electron chi connectivity index (χ3n) is 5.92. The number of benzene rings is 2. The van der Waals surface area contributed by atoms with Gasteiger partial charge < -0.3 is 10.6 Å². The first-order valence-electron chi connectivity index (χ1n) is 10.3. The first-order chi connectivity index (χ1) is 14.2. The van der Waals surface area contributed by atoms with Gasteiger partial charge in [-0.05, 0) is 59.9 Å². The molecule has 0 bridgehead atoms. The Morgan fingerprint density at radius 3 is 2.55 bits per heavy atom. The standard InChI is InChI=1S/C25H27N3O/c26-25(29)28(17-15-20-12-6-11-19-8-4-5-14-23(19)20)24(21-9-2-1-3-10-21)22-13-7-16-27-18-22/h1-5,7-10,13-14,16,18,20,24H,6,11-12,15,17H2,(H2,26,29). The summed E-state index contributed by atoms with van der Waals surface area (Å²) in [5.41, 5.74) is 10.8. The second kappa shape index (κ2) is 8.91. The molecule has 1 aliphatic rings. The van der Waals surface area contributed by atoms with E-state index in [1.54, 1.807) is 11.1 Å². The summed E-state index contributed by atoms with van der Waals surface area (Å²) in [6.07, 6.45) is 7.98. The molecule has 0 fully saturated rings. The van der Waals surface area contributed by atoms with E-state index in [-0.39, 0.29) is 6.04 Å². The highest BCUT2D eigenvalue weighted by Crippen LogP contribution is 2.35. The summed E-state index contributed by atoms with van der Waals surface area (Å²) in [4.78, 5) is 18.6. The molecule has 1 aliphatic carbocycles. The van der Waals surface area contributed by atoms with E-state index in [2.05, 4.69) is 29.2 Å². The lowest BCUT2D eigenvalue weighted by atomic mass is 9.81. The molecule has 2 amide bonds. The third-order valence-corrected chi connectivity index (χ3v) is 5.92. The minimum absolute atomic E-state index is 0.235. The second-order valence-electron chi connectivity index (χ2n) is 7.71. The third kappa shape index (κ3) is 4.32. The number of nitrogens with zero attached hydrogens (tertiary/aromatic N) is 2. The molecule has 2 atom stereocenters. The Balaban J connectivity index is 1.61. The van der Waals surface area contributed by atoms with Gasteiger partial charge in [-0.2, -0.15) is 0 Å². The Labute approximate surface area is 172 Å². The van der Waals surface area contributed by atoms with Crippen LogP contribution >= 0.6 is 0 Å². The molecule has 2 N–H and O–H groups in total. The maximum Gasteiger partial charge on any atom is 0.315 e. The van der Waals surface area contributed by atoms with Crippen LogP contribution in [0.2, 0.25) is 0 Å². The van der Waals surface area contributed by atoms with E-state index in [1.165, 1.54) is 17.5 Å². The van der Waals surface area contributed by atoms with Crippen molar-refractivity contribution >= 4 is 6.03 Å². The molecule has 3 aromatic rings. The van der Waals surface area contributed by atoms with Gasteiger partial charge in [0.15, 0.2) is 0 Å². The molecular formula is C25H27N3O. The van der Waals surface area contributed by atoms with Crippen molar-refractivity contribution in [2.24, 2.45) is 5.73 Å². The van der Waals surface area contributed by atoms with E-state index in [9.17, 15) is 4.79 Å².